The zero-order valence-corrected chi connectivity index (χ0v) is 14.1. The van der Waals surface area contributed by atoms with Crippen LogP contribution < -0.4 is 10.6 Å². The van der Waals surface area contributed by atoms with Crippen molar-refractivity contribution in [2.45, 2.75) is 58.4 Å². The first-order valence-electron chi connectivity index (χ1n) is 7.02. The van der Waals surface area contributed by atoms with Gasteiger partial charge in [0, 0.05) is 19.1 Å². The van der Waals surface area contributed by atoms with Gasteiger partial charge >= 0.3 is 0 Å². The standard InChI is InChI=1S/C14H27N3.HI/c1-3-5-9-12-16-14(15-4-2)17-13-10-7-6-8-11-13;/h3,5,13H,4,6-12H2,1-2H3,(H2,15,16,17);1H. The summed E-state index contributed by atoms with van der Waals surface area (Å²) in [5, 5.41) is 6.87. The van der Waals surface area contributed by atoms with Gasteiger partial charge in [0.15, 0.2) is 5.96 Å². The highest BCUT2D eigenvalue weighted by Gasteiger charge is 2.13. The second kappa shape index (κ2) is 11.8. The fourth-order valence-corrected chi connectivity index (χ4v) is 2.18. The molecule has 0 spiro atoms. The Morgan fingerprint density at radius 2 is 2.00 bits per heavy atom. The second-order valence-corrected chi connectivity index (χ2v) is 4.60. The molecule has 1 rings (SSSR count). The molecule has 1 saturated carbocycles. The van der Waals surface area contributed by atoms with Crippen LogP contribution in [0.2, 0.25) is 0 Å². The van der Waals surface area contributed by atoms with Crippen LogP contribution in [0.3, 0.4) is 0 Å². The predicted octanol–water partition coefficient (Wildman–Crippen LogP) is 3.46. The summed E-state index contributed by atoms with van der Waals surface area (Å²) in [5.74, 6) is 0.990. The number of hydrogen-bond acceptors (Lipinski definition) is 1. The van der Waals surface area contributed by atoms with Crippen molar-refractivity contribution in [3.63, 3.8) is 0 Å². The minimum atomic E-state index is 0. The van der Waals surface area contributed by atoms with Crippen LogP contribution >= 0.6 is 24.0 Å². The first-order valence-corrected chi connectivity index (χ1v) is 7.02. The van der Waals surface area contributed by atoms with Gasteiger partial charge < -0.3 is 10.6 Å². The molecule has 1 fully saturated rings. The molecule has 0 bridgehead atoms. The summed E-state index contributed by atoms with van der Waals surface area (Å²) >= 11 is 0. The van der Waals surface area contributed by atoms with Gasteiger partial charge in [-0.05, 0) is 33.1 Å². The molecule has 0 heterocycles. The van der Waals surface area contributed by atoms with E-state index >= 15 is 0 Å². The summed E-state index contributed by atoms with van der Waals surface area (Å²) in [4.78, 5) is 4.59. The summed E-state index contributed by atoms with van der Waals surface area (Å²) in [6.45, 7) is 5.97. The first-order chi connectivity index (χ1) is 8.36. The Labute approximate surface area is 129 Å². The number of rotatable bonds is 5. The molecule has 0 aromatic carbocycles. The van der Waals surface area contributed by atoms with E-state index in [4.69, 9.17) is 0 Å². The Morgan fingerprint density at radius 1 is 1.28 bits per heavy atom. The molecule has 0 aromatic rings. The number of nitrogens with one attached hydrogen (secondary N) is 2. The van der Waals surface area contributed by atoms with Crippen LogP contribution in [0.25, 0.3) is 0 Å². The third-order valence-electron chi connectivity index (χ3n) is 3.09. The van der Waals surface area contributed by atoms with Crippen molar-refractivity contribution in [3.8, 4) is 0 Å². The molecular formula is C14H28IN3. The van der Waals surface area contributed by atoms with Crippen molar-refractivity contribution in [1.29, 1.82) is 0 Å². The molecule has 106 valence electrons. The lowest BCUT2D eigenvalue weighted by Gasteiger charge is -2.24. The van der Waals surface area contributed by atoms with Gasteiger partial charge in [-0.15, -0.1) is 24.0 Å². The Kier molecular flexibility index (Phi) is 11.6. The third-order valence-corrected chi connectivity index (χ3v) is 3.09. The fourth-order valence-electron chi connectivity index (χ4n) is 2.18. The van der Waals surface area contributed by atoms with E-state index in [-0.39, 0.29) is 24.0 Å². The molecule has 4 heteroatoms. The summed E-state index contributed by atoms with van der Waals surface area (Å²) in [7, 11) is 0. The van der Waals surface area contributed by atoms with E-state index in [2.05, 4.69) is 41.6 Å². The predicted molar refractivity (Wildman–Crippen MR) is 90.8 cm³/mol. The molecule has 18 heavy (non-hydrogen) atoms. The van der Waals surface area contributed by atoms with Crippen LogP contribution in [0.4, 0.5) is 0 Å². The van der Waals surface area contributed by atoms with Crippen LogP contribution in [0.1, 0.15) is 52.4 Å². The third kappa shape index (κ3) is 7.95. The zero-order chi connectivity index (χ0) is 12.3. The second-order valence-electron chi connectivity index (χ2n) is 4.60. The lowest BCUT2D eigenvalue weighted by molar-refractivity contribution is 0.410. The molecule has 2 N–H and O–H groups in total. The number of aliphatic imine (C=N–C) groups is 1. The molecule has 0 aromatic heterocycles. The molecule has 0 unspecified atom stereocenters. The molecule has 1 aliphatic carbocycles. The molecule has 0 radical (unpaired) electrons. The van der Waals surface area contributed by atoms with Crippen molar-refractivity contribution in [2.75, 3.05) is 13.1 Å². The molecule has 0 atom stereocenters. The summed E-state index contributed by atoms with van der Waals surface area (Å²) in [6.07, 6.45) is 12.0. The highest BCUT2D eigenvalue weighted by atomic mass is 127. The maximum atomic E-state index is 4.59. The van der Waals surface area contributed by atoms with Crippen molar-refractivity contribution in [3.05, 3.63) is 12.2 Å². The Bertz CT molecular complexity index is 245. The van der Waals surface area contributed by atoms with Crippen molar-refractivity contribution >= 4 is 29.9 Å². The van der Waals surface area contributed by atoms with Crippen molar-refractivity contribution in [2.24, 2.45) is 4.99 Å². The van der Waals surface area contributed by atoms with Gasteiger partial charge in [-0.3, -0.25) is 4.99 Å². The number of guanidine groups is 1. The van der Waals surface area contributed by atoms with E-state index < -0.39 is 0 Å². The minimum Gasteiger partial charge on any atom is -0.357 e. The number of nitrogens with zero attached hydrogens (tertiary/aromatic N) is 1. The smallest absolute Gasteiger partial charge is 0.191 e. The lowest BCUT2D eigenvalue weighted by Crippen LogP contribution is -2.44. The number of hydrogen-bond donors (Lipinski definition) is 2. The van der Waals surface area contributed by atoms with Crippen LogP contribution in [-0.4, -0.2) is 25.1 Å². The highest BCUT2D eigenvalue weighted by Crippen LogP contribution is 2.17. The molecular weight excluding hydrogens is 337 g/mol. The summed E-state index contributed by atoms with van der Waals surface area (Å²) in [5.41, 5.74) is 0. The maximum absolute atomic E-state index is 4.59. The average Bonchev–Trinajstić information content (AvgIpc) is 2.36. The zero-order valence-electron chi connectivity index (χ0n) is 11.7. The largest absolute Gasteiger partial charge is 0.357 e. The lowest BCUT2D eigenvalue weighted by atomic mass is 9.96. The van der Waals surface area contributed by atoms with Gasteiger partial charge in [0.05, 0.1) is 0 Å². The van der Waals surface area contributed by atoms with Gasteiger partial charge in [-0.25, -0.2) is 0 Å². The monoisotopic (exact) mass is 365 g/mol. The summed E-state index contributed by atoms with van der Waals surface area (Å²) < 4.78 is 0. The van der Waals surface area contributed by atoms with Crippen molar-refractivity contribution in [1.82, 2.24) is 10.6 Å². The van der Waals surface area contributed by atoms with Crippen LogP contribution in [0.15, 0.2) is 17.1 Å². The van der Waals surface area contributed by atoms with Crippen LogP contribution in [-0.2, 0) is 0 Å². The van der Waals surface area contributed by atoms with E-state index in [1.54, 1.807) is 0 Å². The summed E-state index contributed by atoms with van der Waals surface area (Å²) in [6, 6.07) is 0.628. The van der Waals surface area contributed by atoms with E-state index in [0.717, 1.165) is 25.5 Å². The Hall–Kier alpha value is -0.260. The van der Waals surface area contributed by atoms with Gasteiger partial charge in [0.1, 0.15) is 0 Å². The highest BCUT2D eigenvalue weighted by molar-refractivity contribution is 14.0. The SMILES string of the molecule is CC=CCCN=C(NCC)NC1CCCCC1.I. The molecule has 0 aliphatic heterocycles. The van der Waals surface area contributed by atoms with E-state index in [1.165, 1.54) is 32.1 Å². The Balaban J connectivity index is 0.00000289. The molecule has 3 nitrogen and oxygen atoms in total. The number of halogens is 1. The quantitative estimate of drug-likeness (QED) is 0.257. The van der Waals surface area contributed by atoms with Crippen molar-refractivity contribution < 1.29 is 0 Å². The van der Waals surface area contributed by atoms with Gasteiger partial charge in [0.25, 0.3) is 0 Å². The molecule has 0 saturated heterocycles. The van der Waals surface area contributed by atoms with Gasteiger partial charge in [-0.2, -0.15) is 0 Å². The molecule has 1 aliphatic rings. The van der Waals surface area contributed by atoms with Crippen LogP contribution in [0.5, 0.6) is 0 Å². The first kappa shape index (κ1) is 17.7. The van der Waals surface area contributed by atoms with E-state index in [9.17, 15) is 0 Å². The van der Waals surface area contributed by atoms with Gasteiger partial charge in [-0.1, -0.05) is 31.4 Å². The van der Waals surface area contributed by atoms with E-state index in [0.29, 0.717) is 6.04 Å². The van der Waals surface area contributed by atoms with E-state index in [1.807, 2.05) is 0 Å². The van der Waals surface area contributed by atoms with Crippen LogP contribution in [0, 0.1) is 0 Å². The molecule has 0 amide bonds. The fraction of sp³-hybridized carbons (Fsp3) is 0.786. The average molecular weight is 365 g/mol. The van der Waals surface area contributed by atoms with Gasteiger partial charge in [0.2, 0.25) is 0 Å². The maximum Gasteiger partial charge on any atom is 0.191 e. The normalized spacial score (nSPS) is 17.6. The number of allylic oxidation sites excluding steroid dienone is 1. The topological polar surface area (TPSA) is 36.4 Å². The minimum absolute atomic E-state index is 0. The Morgan fingerprint density at radius 3 is 2.61 bits per heavy atom.